The molecule has 5 nitrogen and oxygen atoms in total. The molecule has 3 amide bonds. The van der Waals surface area contributed by atoms with Gasteiger partial charge in [0.2, 0.25) is 0 Å². The number of anilines is 2. The number of hydrogen-bond donors (Lipinski definition) is 1. The molecule has 2 aromatic carbocycles. The number of thiophene rings is 1. The van der Waals surface area contributed by atoms with Crippen LogP contribution in [-0.4, -0.2) is 29.9 Å². The van der Waals surface area contributed by atoms with Gasteiger partial charge >= 0.3 is 6.03 Å². The quantitative estimate of drug-likeness (QED) is 0.598. The summed E-state index contributed by atoms with van der Waals surface area (Å²) in [6.45, 7) is 5.98. The van der Waals surface area contributed by atoms with Crippen LogP contribution in [0.15, 0.2) is 60.0 Å². The maximum Gasteiger partial charge on any atom is 0.324 e. The van der Waals surface area contributed by atoms with E-state index >= 15 is 0 Å². The summed E-state index contributed by atoms with van der Waals surface area (Å²) in [7, 11) is 0. The number of carbonyl (C=O) groups is 2. The Morgan fingerprint density at radius 3 is 2.63 bits per heavy atom. The van der Waals surface area contributed by atoms with Crippen molar-refractivity contribution in [2.24, 2.45) is 0 Å². The normalized spacial score (nSPS) is 14.1. The lowest BCUT2D eigenvalue weighted by molar-refractivity contribution is 0.103. The van der Waals surface area contributed by atoms with E-state index in [0.29, 0.717) is 23.7 Å². The van der Waals surface area contributed by atoms with Gasteiger partial charge in [-0.15, -0.1) is 11.3 Å². The minimum Gasteiger partial charge on any atom is -0.320 e. The van der Waals surface area contributed by atoms with Crippen molar-refractivity contribution < 1.29 is 9.59 Å². The monoisotopic (exact) mass is 419 g/mol. The maximum atomic E-state index is 13.3. The van der Waals surface area contributed by atoms with Crippen molar-refractivity contribution in [1.29, 1.82) is 0 Å². The summed E-state index contributed by atoms with van der Waals surface area (Å²) in [5.74, 6) is -0.155. The number of benzene rings is 2. The topological polar surface area (TPSA) is 52.6 Å². The summed E-state index contributed by atoms with van der Waals surface area (Å²) >= 11 is 1.40. The number of aryl methyl sites for hydroxylation is 2. The van der Waals surface area contributed by atoms with Gasteiger partial charge in [-0.3, -0.25) is 9.69 Å². The molecule has 6 heteroatoms. The smallest absolute Gasteiger partial charge is 0.320 e. The lowest BCUT2D eigenvalue weighted by Gasteiger charge is -2.36. The van der Waals surface area contributed by atoms with E-state index in [0.717, 1.165) is 29.8 Å². The van der Waals surface area contributed by atoms with E-state index < -0.39 is 0 Å². The second-order valence-corrected chi connectivity index (χ2v) is 8.60. The van der Waals surface area contributed by atoms with Crippen LogP contribution >= 0.6 is 11.3 Å². The summed E-state index contributed by atoms with van der Waals surface area (Å²) in [6, 6.07) is 17.7. The predicted molar refractivity (Wildman–Crippen MR) is 122 cm³/mol. The van der Waals surface area contributed by atoms with E-state index in [1.807, 2.05) is 47.5 Å². The van der Waals surface area contributed by atoms with Crippen LogP contribution in [0.1, 0.15) is 32.8 Å². The van der Waals surface area contributed by atoms with Gasteiger partial charge in [0.1, 0.15) is 0 Å². The molecule has 0 aliphatic carbocycles. The fourth-order valence-corrected chi connectivity index (χ4v) is 4.38. The third-order valence-electron chi connectivity index (χ3n) is 5.20. The molecule has 1 fully saturated rings. The second kappa shape index (κ2) is 8.71. The first-order chi connectivity index (χ1) is 14.5. The second-order valence-electron chi connectivity index (χ2n) is 7.65. The molecule has 0 bridgehead atoms. The first kappa shape index (κ1) is 20.2. The van der Waals surface area contributed by atoms with Crippen molar-refractivity contribution in [3.8, 4) is 0 Å². The van der Waals surface area contributed by atoms with Crippen molar-refractivity contribution in [2.45, 2.75) is 26.8 Å². The molecule has 0 saturated carbocycles. The molecule has 154 valence electrons. The number of rotatable bonds is 5. The Kier molecular flexibility index (Phi) is 5.86. The molecule has 1 aliphatic rings. The highest BCUT2D eigenvalue weighted by atomic mass is 32.1. The Morgan fingerprint density at radius 2 is 1.87 bits per heavy atom. The zero-order chi connectivity index (χ0) is 21.1. The molecular formula is C24H25N3O2S. The minimum absolute atomic E-state index is 0.0294. The molecule has 4 rings (SSSR count). The van der Waals surface area contributed by atoms with Gasteiger partial charge in [-0.05, 0) is 55.0 Å². The number of nitrogens with one attached hydrogen (secondary N) is 1. The molecule has 0 atom stereocenters. The van der Waals surface area contributed by atoms with Crippen LogP contribution in [-0.2, 0) is 6.54 Å². The van der Waals surface area contributed by atoms with E-state index in [4.69, 9.17) is 0 Å². The van der Waals surface area contributed by atoms with E-state index in [1.165, 1.54) is 16.9 Å². The van der Waals surface area contributed by atoms with Crippen LogP contribution in [0.4, 0.5) is 16.2 Å². The largest absolute Gasteiger partial charge is 0.324 e. The molecule has 0 unspecified atom stereocenters. The van der Waals surface area contributed by atoms with E-state index in [9.17, 15) is 9.59 Å². The van der Waals surface area contributed by atoms with Gasteiger partial charge in [-0.1, -0.05) is 42.0 Å². The highest BCUT2D eigenvalue weighted by Gasteiger charge is 2.28. The lowest BCUT2D eigenvalue weighted by Crippen LogP contribution is -2.49. The van der Waals surface area contributed by atoms with Gasteiger partial charge in [-0.25, -0.2) is 4.79 Å². The number of urea groups is 1. The molecule has 0 radical (unpaired) electrons. The Morgan fingerprint density at radius 1 is 1.03 bits per heavy atom. The number of nitrogens with zero attached hydrogens (tertiary/aromatic N) is 2. The first-order valence-corrected chi connectivity index (χ1v) is 11.0. The Labute approximate surface area is 180 Å². The lowest BCUT2D eigenvalue weighted by atomic mass is 10.1. The van der Waals surface area contributed by atoms with Crippen LogP contribution in [0.2, 0.25) is 0 Å². The highest BCUT2D eigenvalue weighted by Crippen LogP contribution is 2.31. The molecule has 1 aliphatic heterocycles. The summed E-state index contributed by atoms with van der Waals surface area (Å²) in [6.07, 6.45) is 0.879. The SMILES string of the molecule is Cc1cccc(CN2CCCN(c3ccc(C)cc3NC(=O)c3cccs3)C2=O)c1. The summed E-state index contributed by atoms with van der Waals surface area (Å²) in [5, 5.41) is 4.88. The van der Waals surface area contributed by atoms with Crippen LogP contribution < -0.4 is 10.2 Å². The zero-order valence-electron chi connectivity index (χ0n) is 17.2. The van der Waals surface area contributed by atoms with Gasteiger partial charge < -0.3 is 10.2 Å². The van der Waals surface area contributed by atoms with Crippen molar-refractivity contribution in [3.63, 3.8) is 0 Å². The Hall–Kier alpha value is -3.12. The van der Waals surface area contributed by atoms with Crippen LogP contribution in [0, 0.1) is 13.8 Å². The van der Waals surface area contributed by atoms with Crippen molar-refractivity contribution in [1.82, 2.24) is 4.90 Å². The van der Waals surface area contributed by atoms with Gasteiger partial charge in [0.15, 0.2) is 0 Å². The fourth-order valence-electron chi connectivity index (χ4n) is 3.76. The number of carbonyl (C=O) groups excluding carboxylic acids is 2. The van der Waals surface area contributed by atoms with Crippen molar-refractivity contribution >= 4 is 34.6 Å². The molecule has 1 aromatic heterocycles. The third-order valence-corrected chi connectivity index (χ3v) is 6.07. The average Bonchev–Trinajstić information content (AvgIpc) is 3.25. The summed E-state index contributed by atoms with van der Waals surface area (Å²) < 4.78 is 0. The van der Waals surface area contributed by atoms with Gasteiger partial charge in [0, 0.05) is 19.6 Å². The van der Waals surface area contributed by atoms with Crippen LogP contribution in [0.5, 0.6) is 0 Å². The van der Waals surface area contributed by atoms with E-state index in [-0.39, 0.29) is 11.9 Å². The fraction of sp³-hybridized carbons (Fsp3) is 0.250. The zero-order valence-corrected chi connectivity index (χ0v) is 18.0. The van der Waals surface area contributed by atoms with Gasteiger partial charge in [0.25, 0.3) is 5.91 Å². The predicted octanol–water partition coefficient (Wildman–Crippen LogP) is 5.45. The molecule has 2 heterocycles. The van der Waals surface area contributed by atoms with Crippen molar-refractivity contribution in [3.05, 3.63) is 81.5 Å². The molecule has 0 spiro atoms. The summed E-state index contributed by atoms with van der Waals surface area (Å²) in [5.41, 5.74) is 4.75. The minimum atomic E-state index is -0.155. The molecular weight excluding hydrogens is 394 g/mol. The van der Waals surface area contributed by atoms with Crippen molar-refractivity contribution in [2.75, 3.05) is 23.3 Å². The standard InChI is InChI=1S/C24H25N3O2S/c1-17-6-3-7-19(14-17)16-26-11-5-12-27(24(26)29)21-10-9-18(2)15-20(21)25-23(28)22-8-4-13-30-22/h3-4,6-10,13-15H,5,11-12,16H2,1-2H3,(H,25,28). The maximum absolute atomic E-state index is 13.3. The number of hydrogen-bond acceptors (Lipinski definition) is 3. The van der Waals surface area contributed by atoms with E-state index in [2.05, 4.69) is 30.4 Å². The average molecular weight is 420 g/mol. The Bertz CT molecular complexity index is 1060. The third kappa shape index (κ3) is 4.39. The highest BCUT2D eigenvalue weighted by molar-refractivity contribution is 7.12. The molecule has 1 N–H and O–H groups in total. The molecule has 30 heavy (non-hydrogen) atoms. The van der Waals surface area contributed by atoms with E-state index in [1.54, 1.807) is 11.0 Å². The number of amides is 3. The van der Waals surface area contributed by atoms with Crippen LogP contribution in [0.3, 0.4) is 0 Å². The molecule has 3 aromatic rings. The summed E-state index contributed by atoms with van der Waals surface area (Å²) in [4.78, 5) is 30.2. The first-order valence-electron chi connectivity index (χ1n) is 10.1. The van der Waals surface area contributed by atoms with Gasteiger partial charge in [-0.2, -0.15) is 0 Å². The Balaban J connectivity index is 1.58. The molecule has 1 saturated heterocycles. The van der Waals surface area contributed by atoms with Gasteiger partial charge in [0.05, 0.1) is 16.3 Å². The van der Waals surface area contributed by atoms with Crippen LogP contribution in [0.25, 0.3) is 0 Å².